The Kier molecular flexibility index (Phi) is 8.16. The molecule has 1 aromatic heterocycles. The molecule has 0 unspecified atom stereocenters. The van der Waals surface area contributed by atoms with Gasteiger partial charge in [0, 0.05) is 38.1 Å². The Balaban J connectivity index is 1.44. The van der Waals surface area contributed by atoms with Crippen molar-refractivity contribution in [2.45, 2.75) is 64.0 Å². The van der Waals surface area contributed by atoms with Crippen molar-refractivity contribution in [3.05, 3.63) is 59.9 Å². The Morgan fingerprint density at radius 3 is 2.72 bits per heavy atom. The highest BCUT2D eigenvalue weighted by atomic mass is 16.5. The molecule has 2 aliphatic rings. The molecule has 1 amide bonds. The van der Waals surface area contributed by atoms with Crippen LogP contribution in [0.25, 0.3) is 0 Å². The molecule has 0 radical (unpaired) electrons. The lowest BCUT2D eigenvalue weighted by Gasteiger charge is -2.41. The lowest BCUT2D eigenvalue weighted by atomic mass is 9.90. The largest absolute Gasteiger partial charge is 0.497 e. The van der Waals surface area contributed by atoms with Crippen LogP contribution in [0, 0.1) is 5.92 Å². The number of pyridine rings is 1. The minimum absolute atomic E-state index is 0.178. The Bertz CT molecular complexity index is 851. The monoisotopic (exact) mass is 435 g/mol. The van der Waals surface area contributed by atoms with E-state index in [0.717, 1.165) is 36.0 Å². The quantitative estimate of drug-likeness (QED) is 0.603. The van der Waals surface area contributed by atoms with Crippen LogP contribution in [0.2, 0.25) is 0 Å². The number of hydrogen-bond acceptors (Lipinski definition) is 4. The molecule has 2 heterocycles. The van der Waals surface area contributed by atoms with Gasteiger partial charge in [0.2, 0.25) is 5.91 Å². The van der Waals surface area contributed by atoms with E-state index in [-0.39, 0.29) is 5.91 Å². The van der Waals surface area contributed by atoms with Crippen LogP contribution in [-0.2, 0) is 17.8 Å². The molecule has 1 atom stereocenters. The van der Waals surface area contributed by atoms with E-state index in [1.807, 2.05) is 36.5 Å². The number of ether oxygens (including phenoxy) is 1. The van der Waals surface area contributed by atoms with Crippen LogP contribution < -0.4 is 4.74 Å². The first-order chi connectivity index (χ1) is 15.7. The molecule has 2 aromatic rings. The lowest BCUT2D eigenvalue weighted by molar-refractivity contribution is -0.132. The molecular formula is C27H37N3O2. The summed E-state index contributed by atoms with van der Waals surface area (Å²) in [6.45, 7) is 3.79. The second-order valence-electron chi connectivity index (χ2n) is 9.46. The van der Waals surface area contributed by atoms with Crippen molar-refractivity contribution in [3.8, 4) is 5.75 Å². The van der Waals surface area contributed by atoms with E-state index < -0.39 is 0 Å². The maximum absolute atomic E-state index is 13.4. The van der Waals surface area contributed by atoms with E-state index in [1.54, 1.807) is 13.3 Å². The molecule has 5 heteroatoms. The number of carbonyl (C=O) groups is 1. The highest BCUT2D eigenvalue weighted by Crippen LogP contribution is 2.28. The van der Waals surface area contributed by atoms with E-state index in [4.69, 9.17) is 4.74 Å². The highest BCUT2D eigenvalue weighted by molar-refractivity contribution is 5.79. The number of nitrogens with zero attached hydrogens (tertiary/aromatic N) is 3. The fourth-order valence-corrected chi connectivity index (χ4v) is 5.37. The van der Waals surface area contributed by atoms with Gasteiger partial charge in [0.1, 0.15) is 5.75 Å². The summed E-state index contributed by atoms with van der Waals surface area (Å²) in [5.41, 5.74) is 2.09. The molecule has 4 rings (SSSR count). The number of carbonyl (C=O) groups excluding carboxylic acids is 1. The molecule has 1 saturated carbocycles. The van der Waals surface area contributed by atoms with Gasteiger partial charge >= 0.3 is 0 Å². The molecule has 1 saturated heterocycles. The summed E-state index contributed by atoms with van der Waals surface area (Å²) in [4.78, 5) is 22.5. The fourth-order valence-electron chi connectivity index (χ4n) is 5.37. The molecule has 0 bridgehead atoms. The van der Waals surface area contributed by atoms with Gasteiger partial charge in [-0.3, -0.25) is 9.78 Å². The molecule has 2 fully saturated rings. The third kappa shape index (κ3) is 6.32. The third-order valence-electron chi connectivity index (χ3n) is 7.06. The molecule has 0 spiro atoms. The van der Waals surface area contributed by atoms with E-state index in [0.29, 0.717) is 18.9 Å². The number of methoxy groups -OCH3 is 1. The minimum Gasteiger partial charge on any atom is -0.497 e. The van der Waals surface area contributed by atoms with Gasteiger partial charge in [0.05, 0.1) is 13.5 Å². The standard InChI is InChI=1S/C27H37N3O2/c1-32-26-13-5-8-22(16-26)17-27(31)30(19-23-9-6-14-28-18-23)21-24-10-7-15-29(20-24)25-11-3-2-4-12-25/h5-6,8-9,13-14,16,18,24-25H,2-4,7,10-12,15,17,19-21H2,1H3/t24-/m1/s1. The molecule has 1 aliphatic carbocycles. The summed E-state index contributed by atoms with van der Waals surface area (Å²) in [7, 11) is 1.66. The van der Waals surface area contributed by atoms with Gasteiger partial charge in [0.25, 0.3) is 0 Å². The van der Waals surface area contributed by atoms with E-state index in [2.05, 4.69) is 20.9 Å². The molecule has 0 N–H and O–H groups in total. The molecular weight excluding hydrogens is 398 g/mol. The Morgan fingerprint density at radius 1 is 1.09 bits per heavy atom. The number of hydrogen-bond donors (Lipinski definition) is 0. The van der Waals surface area contributed by atoms with Crippen LogP contribution in [0.3, 0.4) is 0 Å². The zero-order valence-electron chi connectivity index (χ0n) is 19.4. The predicted octanol–water partition coefficient (Wildman–Crippen LogP) is 4.71. The van der Waals surface area contributed by atoms with Gasteiger partial charge in [-0.1, -0.05) is 37.5 Å². The Hall–Kier alpha value is -2.40. The summed E-state index contributed by atoms with van der Waals surface area (Å²) in [5.74, 6) is 1.51. The number of benzene rings is 1. The summed E-state index contributed by atoms with van der Waals surface area (Å²) in [5, 5.41) is 0. The first kappa shape index (κ1) is 22.8. The highest BCUT2D eigenvalue weighted by Gasteiger charge is 2.29. The third-order valence-corrected chi connectivity index (χ3v) is 7.06. The zero-order valence-corrected chi connectivity index (χ0v) is 19.4. The van der Waals surface area contributed by atoms with Crippen LogP contribution in [-0.4, -0.2) is 53.5 Å². The van der Waals surface area contributed by atoms with Gasteiger partial charge < -0.3 is 14.5 Å². The smallest absolute Gasteiger partial charge is 0.227 e. The summed E-state index contributed by atoms with van der Waals surface area (Å²) in [6, 6.07) is 12.6. The summed E-state index contributed by atoms with van der Waals surface area (Å²) >= 11 is 0. The van der Waals surface area contributed by atoms with Crippen molar-refractivity contribution in [1.29, 1.82) is 0 Å². The lowest BCUT2D eigenvalue weighted by Crippen LogP contribution is -2.47. The fraction of sp³-hybridized carbons (Fsp3) is 0.556. The van der Waals surface area contributed by atoms with Crippen LogP contribution in [0.4, 0.5) is 0 Å². The summed E-state index contributed by atoms with van der Waals surface area (Å²) in [6.07, 6.45) is 13.3. The second-order valence-corrected chi connectivity index (χ2v) is 9.46. The first-order valence-corrected chi connectivity index (χ1v) is 12.2. The number of piperidine rings is 1. The topological polar surface area (TPSA) is 45.7 Å². The van der Waals surface area contributed by atoms with Crippen molar-refractivity contribution in [2.24, 2.45) is 5.92 Å². The Morgan fingerprint density at radius 2 is 1.94 bits per heavy atom. The van der Waals surface area contributed by atoms with Crippen molar-refractivity contribution in [1.82, 2.24) is 14.8 Å². The van der Waals surface area contributed by atoms with Gasteiger partial charge in [-0.25, -0.2) is 0 Å². The number of rotatable bonds is 8. The van der Waals surface area contributed by atoms with E-state index in [9.17, 15) is 4.79 Å². The van der Waals surface area contributed by atoms with Crippen molar-refractivity contribution < 1.29 is 9.53 Å². The first-order valence-electron chi connectivity index (χ1n) is 12.2. The van der Waals surface area contributed by atoms with Gasteiger partial charge in [-0.15, -0.1) is 0 Å². The maximum atomic E-state index is 13.4. The molecule has 172 valence electrons. The number of aromatic nitrogens is 1. The van der Waals surface area contributed by atoms with Crippen LogP contribution >= 0.6 is 0 Å². The zero-order chi connectivity index (χ0) is 22.2. The second kappa shape index (κ2) is 11.5. The van der Waals surface area contributed by atoms with Crippen LogP contribution in [0.5, 0.6) is 5.75 Å². The predicted molar refractivity (Wildman–Crippen MR) is 128 cm³/mol. The number of likely N-dealkylation sites (tertiary alicyclic amines) is 1. The van der Waals surface area contributed by atoms with E-state index in [1.165, 1.54) is 51.5 Å². The maximum Gasteiger partial charge on any atom is 0.227 e. The van der Waals surface area contributed by atoms with Gasteiger partial charge in [-0.05, 0) is 67.5 Å². The number of amides is 1. The average molecular weight is 436 g/mol. The van der Waals surface area contributed by atoms with Crippen LogP contribution in [0.15, 0.2) is 48.8 Å². The van der Waals surface area contributed by atoms with Crippen LogP contribution in [0.1, 0.15) is 56.1 Å². The van der Waals surface area contributed by atoms with Gasteiger partial charge in [0.15, 0.2) is 0 Å². The van der Waals surface area contributed by atoms with Crippen molar-refractivity contribution in [2.75, 3.05) is 26.7 Å². The van der Waals surface area contributed by atoms with Gasteiger partial charge in [-0.2, -0.15) is 0 Å². The SMILES string of the molecule is COc1cccc(CC(=O)N(Cc2cccnc2)C[C@@H]2CCCN(C3CCCCC3)C2)c1. The minimum atomic E-state index is 0.178. The van der Waals surface area contributed by atoms with E-state index >= 15 is 0 Å². The van der Waals surface area contributed by atoms with Crippen molar-refractivity contribution >= 4 is 5.91 Å². The normalized spacial score (nSPS) is 20.1. The summed E-state index contributed by atoms with van der Waals surface area (Å²) < 4.78 is 5.34. The average Bonchev–Trinajstić information content (AvgIpc) is 2.85. The molecule has 1 aliphatic heterocycles. The Labute approximate surface area is 192 Å². The molecule has 32 heavy (non-hydrogen) atoms. The van der Waals surface area contributed by atoms with Crippen molar-refractivity contribution in [3.63, 3.8) is 0 Å². The molecule has 5 nitrogen and oxygen atoms in total. The molecule has 1 aromatic carbocycles.